The summed E-state index contributed by atoms with van der Waals surface area (Å²) < 4.78 is 20.4. The van der Waals surface area contributed by atoms with E-state index in [-0.39, 0.29) is 49.7 Å². The average Bonchev–Trinajstić information content (AvgIpc) is 2.99. The maximum atomic E-state index is 14.0. The zero-order valence-corrected chi connectivity index (χ0v) is 14.1. The molecule has 0 aliphatic heterocycles. The van der Waals surface area contributed by atoms with Crippen molar-refractivity contribution in [1.29, 1.82) is 0 Å². The maximum absolute atomic E-state index is 14.0. The van der Waals surface area contributed by atoms with Crippen molar-refractivity contribution < 1.29 is 13.9 Å². The molecular formula is C14H19Cl2FN4O2. The monoisotopic (exact) mass is 364 g/mol. The Bertz CT molecular complexity index is 611. The van der Waals surface area contributed by atoms with Gasteiger partial charge in [-0.3, -0.25) is 4.79 Å². The Labute approximate surface area is 146 Å². The van der Waals surface area contributed by atoms with Gasteiger partial charge in [-0.1, -0.05) is 6.07 Å². The molecule has 23 heavy (non-hydrogen) atoms. The second-order valence-corrected chi connectivity index (χ2v) is 4.54. The molecule has 9 heteroatoms. The molecule has 0 bridgehead atoms. The van der Waals surface area contributed by atoms with Crippen LogP contribution >= 0.6 is 24.8 Å². The summed E-state index contributed by atoms with van der Waals surface area (Å²) in [5.41, 5.74) is 6.64. The highest BCUT2D eigenvalue weighted by molar-refractivity contribution is 5.85. The number of hydrogen-bond acceptors (Lipinski definition) is 4. The van der Waals surface area contributed by atoms with E-state index in [1.807, 2.05) is 0 Å². The fourth-order valence-corrected chi connectivity index (χ4v) is 1.85. The van der Waals surface area contributed by atoms with Crippen molar-refractivity contribution in [2.45, 2.75) is 12.6 Å². The molecule has 1 unspecified atom stereocenters. The van der Waals surface area contributed by atoms with Gasteiger partial charge in [0.05, 0.1) is 18.6 Å². The van der Waals surface area contributed by atoms with Crippen molar-refractivity contribution in [3.63, 3.8) is 0 Å². The van der Waals surface area contributed by atoms with Crippen LogP contribution in [0.4, 0.5) is 4.39 Å². The topological polar surface area (TPSA) is 82.2 Å². The SMILES string of the molecule is COCC(N)C(=O)NCc1ccc(-n2ccnc2)c(F)c1.Cl.Cl. The molecule has 0 saturated carbocycles. The highest BCUT2D eigenvalue weighted by Gasteiger charge is 2.13. The van der Waals surface area contributed by atoms with Crippen LogP contribution in [-0.4, -0.2) is 35.2 Å². The van der Waals surface area contributed by atoms with Crippen LogP contribution in [0.1, 0.15) is 5.56 Å². The minimum absolute atomic E-state index is 0. The van der Waals surface area contributed by atoms with Crippen LogP contribution in [0.15, 0.2) is 36.9 Å². The molecule has 128 valence electrons. The Morgan fingerprint density at radius 2 is 2.22 bits per heavy atom. The lowest BCUT2D eigenvalue weighted by Gasteiger charge is -2.12. The Balaban J connectivity index is 0.00000242. The second kappa shape index (κ2) is 10.2. The van der Waals surface area contributed by atoms with Crippen LogP contribution in [-0.2, 0) is 16.1 Å². The molecule has 3 N–H and O–H groups in total. The fourth-order valence-electron chi connectivity index (χ4n) is 1.85. The van der Waals surface area contributed by atoms with Crippen LogP contribution in [0.2, 0.25) is 0 Å². The van der Waals surface area contributed by atoms with E-state index in [0.717, 1.165) is 0 Å². The number of amides is 1. The van der Waals surface area contributed by atoms with Gasteiger partial charge in [0.2, 0.25) is 5.91 Å². The van der Waals surface area contributed by atoms with E-state index in [4.69, 9.17) is 10.5 Å². The minimum atomic E-state index is -0.731. The maximum Gasteiger partial charge on any atom is 0.239 e. The largest absolute Gasteiger partial charge is 0.383 e. The lowest BCUT2D eigenvalue weighted by molar-refractivity contribution is -0.123. The molecule has 6 nitrogen and oxygen atoms in total. The van der Waals surface area contributed by atoms with Gasteiger partial charge >= 0.3 is 0 Å². The first-order valence-electron chi connectivity index (χ1n) is 6.41. The number of benzene rings is 1. The van der Waals surface area contributed by atoms with E-state index in [9.17, 15) is 9.18 Å². The number of hydrogen-bond donors (Lipinski definition) is 2. The van der Waals surface area contributed by atoms with Gasteiger partial charge in [0.1, 0.15) is 11.9 Å². The van der Waals surface area contributed by atoms with Crippen molar-refractivity contribution in [2.24, 2.45) is 5.73 Å². The highest BCUT2D eigenvalue weighted by Crippen LogP contribution is 2.14. The number of nitrogens with zero attached hydrogens (tertiary/aromatic N) is 2. The number of methoxy groups -OCH3 is 1. The van der Waals surface area contributed by atoms with Crippen molar-refractivity contribution in [1.82, 2.24) is 14.9 Å². The number of carbonyl (C=O) groups excluding carboxylic acids is 1. The zero-order valence-electron chi connectivity index (χ0n) is 12.4. The molecule has 1 atom stereocenters. The third-order valence-corrected chi connectivity index (χ3v) is 2.94. The molecule has 1 aromatic carbocycles. The summed E-state index contributed by atoms with van der Waals surface area (Å²) >= 11 is 0. The Kier molecular flexibility index (Phi) is 9.43. The summed E-state index contributed by atoms with van der Waals surface area (Å²) in [6.07, 6.45) is 4.75. The van der Waals surface area contributed by atoms with Crippen LogP contribution < -0.4 is 11.1 Å². The van der Waals surface area contributed by atoms with E-state index in [2.05, 4.69) is 10.3 Å². The molecule has 1 aromatic heterocycles. The summed E-state index contributed by atoms with van der Waals surface area (Å²) in [4.78, 5) is 15.5. The molecule has 0 saturated heterocycles. The van der Waals surface area contributed by atoms with Crippen molar-refractivity contribution >= 4 is 30.7 Å². The van der Waals surface area contributed by atoms with Crippen molar-refractivity contribution in [3.8, 4) is 5.69 Å². The minimum Gasteiger partial charge on any atom is -0.383 e. The standard InChI is InChI=1S/C14H17FN4O2.2ClH/c1-21-8-12(16)14(20)18-7-10-2-3-13(11(15)6-10)19-5-4-17-9-19;;/h2-6,9,12H,7-8,16H2,1H3,(H,18,20);2*1H. The quantitative estimate of drug-likeness (QED) is 0.812. The second-order valence-electron chi connectivity index (χ2n) is 4.54. The first kappa shape index (κ1) is 21.3. The Morgan fingerprint density at radius 1 is 1.48 bits per heavy atom. The first-order chi connectivity index (χ1) is 10.1. The summed E-state index contributed by atoms with van der Waals surface area (Å²) in [5, 5.41) is 2.64. The number of ether oxygens (including phenoxy) is 1. The number of aromatic nitrogens is 2. The van der Waals surface area contributed by atoms with Crippen LogP contribution in [0, 0.1) is 5.82 Å². The number of nitrogens with one attached hydrogen (secondary N) is 1. The average molecular weight is 365 g/mol. The predicted molar refractivity (Wildman–Crippen MR) is 89.7 cm³/mol. The molecule has 2 rings (SSSR count). The normalized spacial score (nSPS) is 11.1. The highest BCUT2D eigenvalue weighted by atomic mass is 35.5. The predicted octanol–water partition coefficient (Wildman–Crippen LogP) is 1.44. The van der Waals surface area contributed by atoms with Crippen molar-refractivity contribution in [3.05, 3.63) is 48.3 Å². The Morgan fingerprint density at radius 3 is 2.78 bits per heavy atom. The van der Waals surface area contributed by atoms with E-state index in [1.54, 1.807) is 29.1 Å². The lowest BCUT2D eigenvalue weighted by Crippen LogP contribution is -2.43. The lowest BCUT2D eigenvalue weighted by atomic mass is 10.2. The van der Waals surface area contributed by atoms with Gasteiger partial charge in [0.25, 0.3) is 0 Å². The number of nitrogens with two attached hydrogens (primary N) is 1. The molecule has 0 fully saturated rings. The van der Waals surface area contributed by atoms with Crippen LogP contribution in [0.5, 0.6) is 0 Å². The van der Waals surface area contributed by atoms with E-state index in [1.165, 1.54) is 19.5 Å². The third-order valence-electron chi connectivity index (χ3n) is 2.94. The fraction of sp³-hybridized carbons (Fsp3) is 0.286. The van der Waals surface area contributed by atoms with E-state index >= 15 is 0 Å². The van der Waals surface area contributed by atoms with Gasteiger partial charge in [-0.25, -0.2) is 9.37 Å². The van der Waals surface area contributed by atoms with Gasteiger partial charge < -0.3 is 20.4 Å². The molecule has 0 aliphatic rings. The molecule has 0 radical (unpaired) electrons. The third kappa shape index (κ3) is 5.80. The Hall–Kier alpha value is -1.67. The number of imidazole rings is 1. The first-order valence-corrected chi connectivity index (χ1v) is 6.41. The van der Waals surface area contributed by atoms with Crippen molar-refractivity contribution in [2.75, 3.05) is 13.7 Å². The van der Waals surface area contributed by atoms with Gasteiger partial charge in [0, 0.05) is 26.0 Å². The van der Waals surface area contributed by atoms with Gasteiger partial charge in [-0.2, -0.15) is 0 Å². The smallest absolute Gasteiger partial charge is 0.239 e. The molecule has 1 heterocycles. The van der Waals surface area contributed by atoms with E-state index in [0.29, 0.717) is 11.3 Å². The molecular weight excluding hydrogens is 346 g/mol. The zero-order chi connectivity index (χ0) is 15.2. The molecule has 0 spiro atoms. The molecule has 1 amide bonds. The molecule has 2 aromatic rings. The van der Waals surface area contributed by atoms with Crippen LogP contribution in [0.3, 0.4) is 0 Å². The molecule has 0 aliphatic carbocycles. The summed E-state index contributed by atoms with van der Waals surface area (Å²) in [6.45, 7) is 0.344. The van der Waals surface area contributed by atoms with Gasteiger partial charge in [0.15, 0.2) is 0 Å². The number of rotatable bonds is 6. The summed E-state index contributed by atoms with van der Waals surface area (Å²) in [5.74, 6) is -0.725. The van der Waals surface area contributed by atoms with E-state index < -0.39 is 6.04 Å². The van der Waals surface area contributed by atoms with Gasteiger partial charge in [-0.15, -0.1) is 24.8 Å². The van der Waals surface area contributed by atoms with Crippen LogP contribution in [0.25, 0.3) is 5.69 Å². The van der Waals surface area contributed by atoms with Gasteiger partial charge in [-0.05, 0) is 17.7 Å². The summed E-state index contributed by atoms with van der Waals surface area (Å²) in [6, 6.07) is 4.01. The number of carbonyl (C=O) groups is 1. The summed E-state index contributed by atoms with van der Waals surface area (Å²) in [7, 11) is 1.47. The number of halogens is 3.